The van der Waals surface area contributed by atoms with Crippen LogP contribution in [0.4, 0.5) is 11.4 Å². The van der Waals surface area contributed by atoms with Crippen LogP contribution in [0.3, 0.4) is 0 Å². The molecule has 0 fully saturated rings. The van der Waals surface area contributed by atoms with Gasteiger partial charge in [-0.1, -0.05) is 47.5 Å². The number of hydrogen-bond donors (Lipinski definition) is 2. The molecule has 0 radical (unpaired) electrons. The Morgan fingerprint density at radius 1 is 1.03 bits per heavy atom. The van der Waals surface area contributed by atoms with E-state index in [4.69, 9.17) is 0 Å². The summed E-state index contributed by atoms with van der Waals surface area (Å²) in [6.07, 6.45) is 2.18. The average Bonchev–Trinajstić information content (AvgIpc) is 2.75. The molecule has 1 heterocycles. The largest absolute Gasteiger partial charge is 0.504 e. The fraction of sp³-hybridized carbons (Fsp3) is 0.261. The molecule has 8 heteroatoms. The average molecular weight is 505 g/mol. The summed E-state index contributed by atoms with van der Waals surface area (Å²) in [4.78, 5) is 16.7. The van der Waals surface area contributed by atoms with Crippen LogP contribution in [0.15, 0.2) is 73.7 Å². The van der Waals surface area contributed by atoms with Crippen molar-refractivity contribution in [2.24, 2.45) is 0 Å². The van der Waals surface area contributed by atoms with Crippen LogP contribution in [-0.2, 0) is 16.3 Å². The summed E-state index contributed by atoms with van der Waals surface area (Å²) in [6.45, 7) is 4.41. The first-order valence-electron chi connectivity index (χ1n) is 10.1. The number of benzene rings is 2. The van der Waals surface area contributed by atoms with Gasteiger partial charge >= 0.3 is 0 Å². The van der Waals surface area contributed by atoms with Crippen LogP contribution >= 0.6 is 15.9 Å². The maximum Gasteiger partial charge on any atom is 0.271 e. The number of aromatic amines is 1. The summed E-state index contributed by atoms with van der Waals surface area (Å²) in [5.74, 6) is -0.525. The van der Waals surface area contributed by atoms with Crippen molar-refractivity contribution in [2.45, 2.75) is 42.9 Å². The van der Waals surface area contributed by atoms with Gasteiger partial charge in [0.05, 0.1) is 4.90 Å². The maximum absolute atomic E-state index is 13.3. The highest BCUT2D eigenvalue weighted by Gasteiger charge is 2.31. The van der Waals surface area contributed by atoms with Gasteiger partial charge in [-0.25, -0.2) is 8.42 Å². The zero-order valence-corrected chi connectivity index (χ0v) is 19.8. The lowest BCUT2D eigenvalue weighted by Gasteiger charge is -2.27. The number of anilines is 2. The monoisotopic (exact) mass is 504 g/mol. The van der Waals surface area contributed by atoms with Gasteiger partial charge in [-0.15, -0.1) is 0 Å². The molecular formula is C23H25BrN2O4S. The van der Waals surface area contributed by atoms with Crippen LogP contribution in [0.5, 0.6) is 5.75 Å². The van der Waals surface area contributed by atoms with Gasteiger partial charge in [0.2, 0.25) is 9.84 Å². The Labute approximate surface area is 190 Å². The summed E-state index contributed by atoms with van der Waals surface area (Å²) in [7, 11) is -4.24. The summed E-state index contributed by atoms with van der Waals surface area (Å²) in [5, 5.41) is 11.2. The smallest absolute Gasteiger partial charge is 0.271 e. The van der Waals surface area contributed by atoms with Crippen LogP contribution in [0.2, 0.25) is 0 Å². The van der Waals surface area contributed by atoms with Crippen LogP contribution < -0.4 is 10.5 Å². The molecule has 0 atom stereocenters. The number of halogens is 1. The van der Waals surface area contributed by atoms with Gasteiger partial charge in [-0.05, 0) is 56.2 Å². The molecule has 0 saturated heterocycles. The van der Waals surface area contributed by atoms with Crippen LogP contribution in [0.25, 0.3) is 0 Å². The van der Waals surface area contributed by atoms with Crippen LogP contribution in [-0.4, -0.2) is 25.1 Å². The fourth-order valence-corrected chi connectivity index (χ4v) is 5.14. The molecule has 2 aromatic carbocycles. The molecule has 0 amide bonds. The molecule has 164 valence electrons. The predicted octanol–water partition coefficient (Wildman–Crippen LogP) is 5.18. The number of aromatic nitrogens is 1. The summed E-state index contributed by atoms with van der Waals surface area (Å²) >= 11 is 3.28. The number of unbranched alkanes of at least 4 members (excludes halogenated alkanes) is 1. The minimum Gasteiger partial charge on any atom is -0.504 e. The van der Waals surface area contributed by atoms with Crippen molar-refractivity contribution in [2.75, 3.05) is 11.4 Å². The van der Waals surface area contributed by atoms with Gasteiger partial charge in [-0.2, -0.15) is 0 Å². The molecule has 6 nitrogen and oxygen atoms in total. The lowest BCUT2D eigenvalue weighted by molar-refractivity contribution is 0.454. The lowest BCUT2D eigenvalue weighted by atomic mass is 10.1. The third-order valence-electron chi connectivity index (χ3n) is 5.02. The Kier molecular flexibility index (Phi) is 7.23. The lowest BCUT2D eigenvalue weighted by Crippen LogP contribution is -2.25. The number of hydrogen-bond acceptors (Lipinski definition) is 5. The van der Waals surface area contributed by atoms with Gasteiger partial charge in [0.1, 0.15) is 5.69 Å². The van der Waals surface area contributed by atoms with E-state index >= 15 is 0 Å². The van der Waals surface area contributed by atoms with E-state index < -0.39 is 26.0 Å². The first kappa shape index (κ1) is 23.1. The number of pyridine rings is 1. The number of aryl methyl sites for hydroxylation is 1. The van der Waals surface area contributed by atoms with E-state index in [1.807, 2.05) is 49.1 Å². The van der Waals surface area contributed by atoms with Gasteiger partial charge < -0.3 is 15.0 Å². The second kappa shape index (κ2) is 9.70. The number of H-pyrrole nitrogens is 1. The van der Waals surface area contributed by atoms with Crippen LogP contribution in [0, 0.1) is 0 Å². The van der Waals surface area contributed by atoms with Gasteiger partial charge in [-0.3, -0.25) is 4.79 Å². The van der Waals surface area contributed by atoms with E-state index in [-0.39, 0.29) is 4.90 Å². The SMILES string of the molecule is CCCCc1[nH]c(=O)c(S(=O)(=O)c2ccc(Br)cc2)c(O)c1N(CC)c1ccccc1. The molecule has 0 aliphatic rings. The van der Waals surface area contributed by atoms with E-state index in [2.05, 4.69) is 20.9 Å². The van der Waals surface area contributed by atoms with Gasteiger partial charge in [0.15, 0.2) is 10.6 Å². The number of nitrogens with zero attached hydrogens (tertiary/aromatic N) is 1. The minimum atomic E-state index is -4.24. The van der Waals surface area contributed by atoms with E-state index in [0.717, 1.165) is 18.5 Å². The molecule has 1 aromatic heterocycles. The zero-order valence-electron chi connectivity index (χ0n) is 17.4. The first-order valence-corrected chi connectivity index (χ1v) is 12.4. The number of aromatic hydroxyl groups is 1. The highest BCUT2D eigenvalue weighted by Crippen LogP contribution is 2.40. The quantitative estimate of drug-likeness (QED) is 0.441. The fourth-order valence-electron chi connectivity index (χ4n) is 3.49. The minimum absolute atomic E-state index is 0.0634. The highest BCUT2D eigenvalue weighted by atomic mass is 79.9. The number of rotatable bonds is 8. The van der Waals surface area contributed by atoms with Gasteiger partial charge in [0.25, 0.3) is 5.56 Å². The molecule has 0 aliphatic heterocycles. The summed E-state index contributed by atoms with van der Waals surface area (Å²) in [6, 6.07) is 15.3. The molecule has 2 N–H and O–H groups in total. The molecule has 3 rings (SSSR count). The normalized spacial score (nSPS) is 11.5. The molecule has 0 unspecified atom stereocenters. The van der Waals surface area contributed by atoms with Crippen molar-refractivity contribution in [3.05, 3.63) is 75.1 Å². The highest BCUT2D eigenvalue weighted by molar-refractivity contribution is 9.10. The van der Waals surface area contributed by atoms with Crippen molar-refractivity contribution >= 4 is 37.1 Å². The summed E-state index contributed by atoms with van der Waals surface area (Å²) in [5.41, 5.74) is 0.804. The Bertz CT molecular complexity index is 1210. The number of para-hydroxylation sites is 1. The third-order valence-corrected chi connectivity index (χ3v) is 7.36. The van der Waals surface area contributed by atoms with E-state index in [1.54, 1.807) is 12.1 Å². The molecule has 0 aliphatic carbocycles. The number of nitrogens with one attached hydrogen (secondary N) is 1. The van der Waals surface area contributed by atoms with E-state index in [0.29, 0.717) is 28.8 Å². The topological polar surface area (TPSA) is 90.5 Å². The van der Waals surface area contributed by atoms with Crippen molar-refractivity contribution in [1.29, 1.82) is 0 Å². The molecule has 0 saturated carbocycles. The third kappa shape index (κ3) is 4.70. The predicted molar refractivity (Wildman–Crippen MR) is 126 cm³/mol. The second-order valence-electron chi connectivity index (χ2n) is 7.10. The second-order valence-corrected chi connectivity index (χ2v) is 9.90. The Balaban J connectivity index is 2.28. The van der Waals surface area contributed by atoms with Crippen LogP contribution in [0.1, 0.15) is 32.4 Å². The van der Waals surface area contributed by atoms with Crippen molar-refractivity contribution in [3.63, 3.8) is 0 Å². The van der Waals surface area contributed by atoms with Gasteiger partial charge in [0, 0.05) is 22.4 Å². The Hall–Kier alpha value is -2.58. The number of sulfone groups is 1. The van der Waals surface area contributed by atoms with E-state index in [9.17, 15) is 18.3 Å². The Morgan fingerprint density at radius 2 is 1.68 bits per heavy atom. The van der Waals surface area contributed by atoms with Crippen molar-refractivity contribution in [1.82, 2.24) is 4.98 Å². The van der Waals surface area contributed by atoms with E-state index in [1.165, 1.54) is 12.1 Å². The summed E-state index contributed by atoms with van der Waals surface area (Å²) < 4.78 is 27.3. The zero-order chi connectivity index (χ0) is 22.6. The van der Waals surface area contributed by atoms with Crippen molar-refractivity contribution in [3.8, 4) is 5.75 Å². The maximum atomic E-state index is 13.3. The molecule has 3 aromatic rings. The molecule has 0 spiro atoms. The molecular weight excluding hydrogens is 480 g/mol. The Morgan fingerprint density at radius 3 is 2.26 bits per heavy atom. The molecule has 0 bridgehead atoms. The first-order chi connectivity index (χ1) is 14.8. The van der Waals surface area contributed by atoms with Crippen molar-refractivity contribution < 1.29 is 13.5 Å². The molecule has 31 heavy (non-hydrogen) atoms. The standard InChI is InChI=1S/C23H25BrN2O4S/c1-3-5-11-19-20(26(4-2)17-9-7-6-8-10-17)21(27)22(23(28)25-19)31(29,30)18-14-12-16(24)13-15-18/h6-10,12-15H,3-5,11H2,1-2H3,(H2,25,27,28).